The van der Waals surface area contributed by atoms with Crippen molar-refractivity contribution in [2.45, 2.75) is 62.2 Å². The van der Waals surface area contributed by atoms with Gasteiger partial charge in [0, 0.05) is 0 Å². The van der Waals surface area contributed by atoms with Gasteiger partial charge in [-0.15, -0.1) is 4.33 Å². The zero-order valence-corrected chi connectivity index (χ0v) is 13.0. The lowest BCUT2D eigenvalue weighted by atomic mass is 9.70. The summed E-state index contributed by atoms with van der Waals surface area (Å²) >= 11 is -0.988. The maximum Gasteiger partial charge on any atom is 0.446 e. The van der Waals surface area contributed by atoms with Crippen LogP contribution in [-0.4, -0.2) is 28.5 Å². The van der Waals surface area contributed by atoms with Gasteiger partial charge in [-0.25, -0.2) is 14.4 Å². The van der Waals surface area contributed by atoms with Crippen molar-refractivity contribution in [1.82, 2.24) is 0 Å². The quantitative estimate of drug-likeness (QED) is 0.260. The predicted molar refractivity (Wildman–Crippen MR) is 71.5 cm³/mol. The topological polar surface area (TPSA) is 65.0 Å². The molecule has 2 rings (SSSR count). The van der Waals surface area contributed by atoms with Crippen molar-refractivity contribution in [3.63, 3.8) is 0 Å². The second-order valence-corrected chi connectivity index (χ2v) is 6.83. The van der Waals surface area contributed by atoms with Crippen molar-refractivity contribution >= 4 is 18.0 Å². The minimum atomic E-state index is -5.57. The first kappa shape index (κ1) is 18.8. The van der Waals surface area contributed by atoms with E-state index in [4.69, 9.17) is 9.99 Å². The van der Waals surface area contributed by atoms with E-state index in [2.05, 4.69) is 9.37 Å². The van der Waals surface area contributed by atoms with Gasteiger partial charge in [-0.2, -0.15) is 13.2 Å². The van der Waals surface area contributed by atoms with Crippen LogP contribution >= 0.6 is 12.0 Å². The van der Waals surface area contributed by atoms with Crippen LogP contribution in [0.15, 0.2) is 0 Å². The van der Waals surface area contributed by atoms with E-state index >= 15 is 0 Å². The zero-order valence-electron chi connectivity index (χ0n) is 12.2. The second-order valence-electron chi connectivity index (χ2n) is 5.96. The molecule has 0 aromatic heterocycles. The molecule has 0 aromatic carbocycles. The molecule has 2 aliphatic carbocycles. The molecule has 0 radical (unpaired) electrons. The average Bonchev–Trinajstić information content (AvgIpc) is 2.51. The van der Waals surface area contributed by atoms with E-state index in [9.17, 15) is 22.4 Å². The van der Waals surface area contributed by atoms with Gasteiger partial charge < -0.3 is 4.74 Å². The highest BCUT2D eigenvalue weighted by molar-refractivity contribution is 7.96. The molecule has 0 amide bonds. The van der Waals surface area contributed by atoms with E-state index in [1.165, 1.54) is 0 Å². The number of alkyl halides is 4. The Bertz CT molecular complexity index is 422. The lowest BCUT2D eigenvalue weighted by molar-refractivity contribution is -0.433. The van der Waals surface area contributed by atoms with Crippen LogP contribution in [0.1, 0.15) is 44.9 Å². The summed E-state index contributed by atoms with van der Waals surface area (Å²) in [5.41, 5.74) is 0. The Kier molecular flexibility index (Phi) is 6.15. The average molecular weight is 362 g/mol. The number of halogens is 4. The Hall–Kier alpha value is -0.580. The minimum Gasteiger partial charge on any atom is -0.459 e. The monoisotopic (exact) mass is 362 g/mol. The number of esters is 1. The minimum absolute atomic E-state index is 0.305. The van der Waals surface area contributed by atoms with Crippen LogP contribution in [0.5, 0.6) is 0 Å². The summed E-state index contributed by atoms with van der Waals surface area (Å²) < 4.78 is 60.6. The molecule has 2 fully saturated rings. The maximum atomic E-state index is 14.0. The summed E-state index contributed by atoms with van der Waals surface area (Å²) in [4.78, 5) is 11.7. The third-order valence-electron chi connectivity index (χ3n) is 4.57. The van der Waals surface area contributed by atoms with Gasteiger partial charge in [-0.1, -0.05) is 30.7 Å². The van der Waals surface area contributed by atoms with Gasteiger partial charge in [-0.3, -0.25) is 0 Å². The van der Waals surface area contributed by atoms with Gasteiger partial charge in [0.1, 0.15) is 6.10 Å². The van der Waals surface area contributed by atoms with E-state index in [0.717, 1.165) is 32.1 Å². The molecule has 1 N–H and O–H groups in total. The molecule has 10 heteroatoms. The normalized spacial score (nSPS) is 31.1. The van der Waals surface area contributed by atoms with Crippen LogP contribution in [0, 0.1) is 11.8 Å². The highest BCUT2D eigenvalue weighted by atomic mass is 32.2. The van der Waals surface area contributed by atoms with Crippen molar-refractivity contribution in [2.75, 3.05) is 0 Å². The Morgan fingerprint density at radius 1 is 1.04 bits per heavy atom. The number of carbonyl (C=O) groups excluding carboxylic acids is 1. The standard InChI is InChI=1S/C13H18F4O5S/c14-12(13(15,16)17,23-22-21-19)11(18)20-10-6-5-8-3-1-2-4-9(8)7-10/h8-10,19H,1-7H2. The molecular weight excluding hydrogens is 344 g/mol. The molecule has 5 nitrogen and oxygen atoms in total. The fraction of sp³-hybridized carbons (Fsp3) is 0.923. The molecule has 134 valence electrons. The number of rotatable bonds is 5. The Labute approximate surface area is 134 Å². The Morgan fingerprint density at radius 3 is 2.30 bits per heavy atom. The third-order valence-corrected chi connectivity index (χ3v) is 5.33. The molecule has 4 atom stereocenters. The Balaban J connectivity index is 1.98. The van der Waals surface area contributed by atoms with Crippen LogP contribution in [-0.2, 0) is 18.9 Å². The molecule has 2 aliphatic rings. The predicted octanol–water partition coefficient (Wildman–Crippen LogP) is 4.19. The van der Waals surface area contributed by atoms with Gasteiger partial charge in [0.25, 0.3) is 0 Å². The first-order valence-electron chi connectivity index (χ1n) is 7.40. The van der Waals surface area contributed by atoms with Crippen LogP contribution in [0.3, 0.4) is 0 Å². The number of hydrogen-bond donors (Lipinski definition) is 1. The van der Waals surface area contributed by atoms with Crippen molar-refractivity contribution in [2.24, 2.45) is 11.8 Å². The number of ether oxygens (including phenoxy) is 1. The van der Waals surface area contributed by atoms with Crippen molar-refractivity contribution in [1.29, 1.82) is 0 Å². The summed E-state index contributed by atoms with van der Waals surface area (Å²) in [6, 6.07) is 0. The highest BCUT2D eigenvalue weighted by Gasteiger charge is 2.66. The second kappa shape index (κ2) is 7.54. The van der Waals surface area contributed by atoms with Gasteiger partial charge in [0.15, 0.2) is 0 Å². The van der Waals surface area contributed by atoms with E-state index in [-0.39, 0.29) is 0 Å². The molecule has 0 aliphatic heterocycles. The molecule has 0 heterocycles. The van der Waals surface area contributed by atoms with E-state index in [1.54, 1.807) is 0 Å². The van der Waals surface area contributed by atoms with Gasteiger partial charge in [-0.05, 0) is 31.1 Å². The van der Waals surface area contributed by atoms with Gasteiger partial charge in [0.2, 0.25) is 0 Å². The smallest absolute Gasteiger partial charge is 0.446 e. The first-order chi connectivity index (χ1) is 10.8. The fourth-order valence-corrected chi connectivity index (χ4v) is 3.76. The van der Waals surface area contributed by atoms with Crippen molar-refractivity contribution in [3.05, 3.63) is 0 Å². The number of hydrogen-bond acceptors (Lipinski definition) is 6. The molecule has 2 saturated carbocycles. The van der Waals surface area contributed by atoms with Gasteiger partial charge in [0.05, 0.1) is 12.0 Å². The third kappa shape index (κ3) is 4.28. The lowest BCUT2D eigenvalue weighted by Crippen LogP contribution is -2.48. The summed E-state index contributed by atoms with van der Waals surface area (Å²) in [6.07, 6.45) is -0.456. The molecule has 0 saturated heterocycles. The van der Waals surface area contributed by atoms with E-state index in [1.807, 2.05) is 0 Å². The molecule has 0 aromatic rings. The molecular formula is C13H18F4O5S. The molecule has 4 unspecified atom stereocenters. The lowest BCUT2D eigenvalue weighted by Gasteiger charge is -2.39. The molecule has 23 heavy (non-hydrogen) atoms. The SMILES string of the molecule is O=C(OC1CCC2CCCCC2C1)C(F)(SOOO)C(F)(F)F. The first-order valence-corrected chi connectivity index (χ1v) is 8.14. The summed E-state index contributed by atoms with van der Waals surface area (Å²) in [6.45, 7) is 0. The van der Waals surface area contributed by atoms with E-state index < -0.39 is 35.3 Å². The largest absolute Gasteiger partial charge is 0.459 e. The van der Waals surface area contributed by atoms with Crippen LogP contribution in [0.25, 0.3) is 0 Å². The van der Waals surface area contributed by atoms with E-state index in [0.29, 0.717) is 24.7 Å². The van der Waals surface area contributed by atoms with Crippen molar-refractivity contribution in [3.8, 4) is 0 Å². The van der Waals surface area contributed by atoms with Crippen molar-refractivity contribution < 1.29 is 41.7 Å². The van der Waals surface area contributed by atoms with Crippen LogP contribution < -0.4 is 0 Å². The highest BCUT2D eigenvalue weighted by Crippen LogP contribution is 2.46. The Morgan fingerprint density at radius 2 is 1.70 bits per heavy atom. The number of fused-ring (bicyclic) bond motifs is 1. The summed E-state index contributed by atoms with van der Waals surface area (Å²) in [5.74, 6) is -1.27. The van der Waals surface area contributed by atoms with Crippen LogP contribution in [0.2, 0.25) is 0 Å². The fourth-order valence-electron chi connectivity index (χ4n) is 3.42. The number of carbonyl (C=O) groups is 1. The molecule has 0 bridgehead atoms. The summed E-state index contributed by atoms with van der Waals surface area (Å²) in [5, 5.41) is 6.40. The van der Waals surface area contributed by atoms with Gasteiger partial charge >= 0.3 is 17.1 Å². The zero-order chi connectivity index (χ0) is 17.1. The maximum absolute atomic E-state index is 14.0. The molecule has 0 spiro atoms. The summed E-state index contributed by atoms with van der Waals surface area (Å²) in [7, 11) is 0. The van der Waals surface area contributed by atoms with Crippen LogP contribution in [0.4, 0.5) is 17.6 Å².